The Morgan fingerprint density at radius 3 is 2.80 bits per heavy atom. The molecule has 1 amide bonds. The van der Waals surface area contributed by atoms with Gasteiger partial charge in [0.05, 0.1) is 12.6 Å². The molecule has 0 aromatic carbocycles. The van der Waals surface area contributed by atoms with Gasteiger partial charge in [0, 0.05) is 0 Å². The van der Waals surface area contributed by atoms with Crippen LogP contribution in [0.1, 0.15) is 43.8 Å². The molecule has 1 atom stereocenters. The largest absolute Gasteiger partial charge is 0.437 e. The summed E-state index contributed by atoms with van der Waals surface area (Å²) in [5.41, 5.74) is 0. The van der Waals surface area contributed by atoms with Gasteiger partial charge in [0.1, 0.15) is 0 Å². The van der Waals surface area contributed by atoms with Gasteiger partial charge in [0.2, 0.25) is 12.2 Å². The predicted molar refractivity (Wildman–Crippen MR) is 70.3 cm³/mol. The first-order valence-corrected chi connectivity index (χ1v) is 6.83. The molecule has 1 aliphatic carbocycles. The van der Waals surface area contributed by atoms with E-state index in [9.17, 15) is 14.4 Å². The number of nitrogens with zero attached hydrogens (tertiary/aromatic N) is 2. The normalized spacial score (nSPS) is 16.1. The third-order valence-corrected chi connectivity index (χ3v) is 3.24. The molecule has 2 rings (SSSR count). The molecular formula is C13H19N3O4. The predicted octanol–water partition coefficient (Wildman–Crippen LogP) is 0.590. The van der Waals surface area contributed by atoms with Crippen LogP contribution in [0, 0.1) is 11.8 Å². The number of carbonyl (C=O) groups excluding carboxylic acids is 2. The molecule has 1 aromatic rings. The summed E-state index contributed by atoms with van der Waals surface area (Å²) in [6, 6.07) is -0.708. The summed E-state index contributed by atoms with van der Waals surface area (Å²) < 4.78 is 6.10. The van der Waals surface area contributed by atoms with Crippen molar-refractivity contribution in [3.63, 3.8) is 0 Å². The van der Waals surface area contributed by atoms with Crippen molar-refractivity contribution in [2.45, 2.75) is 45.7 Å². The van der Waals surface area contributed by atoms with E-state index in [1.165, 1.54) is 4.68 Å². The molecule has 0 aliphatic heterocycles. The van der Waals surface area contributed by atoms with Gasteiger partial charge in [-0.2, -0.15) is 4.68 Å². The van der Waals surface area contributed by atoms with Crippen LogP contribution in [0.3, 0.4) is 0 Å². The van der Waals surface area contributed by atoms with Crippen molar-refractivity contribution in [3.8, 4) is 0 Å². The number of Topliss-reactive ketones (excluding diaryl/α,β-unsaturated/α-hetero) is 1. The van der Waals surface area contributed by atoms with Gasteiger partial charge in [-0.05, 0) is 31.1 Å². The number of rotatable bonds is 8. The van der Waals surface area contributed by atoms with Gasteiger partial charge >= 0.3 is 5.76 Å². The van der Waals surface area contributed by atoms with Crippen LogP contribution < -0.4 is 11.1 Å². The molecule has 1 saturated carbocycles. The molecule has 20 heavy (non-hydrogen) atoms. The topological polar surface area (TPSA) is 94.2 Å². The van der Waals surface area contributed by atoms with Gasteiger partial charge in [-0.3, -0.25) is 9.59 Å². The van der Waals surface area contributed by atoms with Crippen molar-refractivity contribution in [1.29, 1.82) is 0 Å². The zero-order valence-electron chi connectivity index (χ0n) is 11.7. The monoisotopic (exact) mass is 281 g/mol. The van der Waals surface area contributed by atoms with Crippen LogP contribution in [0.25, 0.3) is 0 Å². The van der Waals surface area contributed by atoms with Gasteiger partial charge in [-0.25, -0.2) is 4.79 Å². The molecular weight excluding hydrogens is 262 g/mol. The average Bonchev–Trinajstić information content (AvgIpc) is 3.11. The van der Waals surface area contributed by atoms with Crippen LogP contribution in [0.5, 0.6) is 0 Å². The molecule has 7 heteroatoms. The molecule has 1 aliphatic rings. The summed E-state index contributed by atoms with van der Waals surface area (Å²) in [5, 5.41) is 6.38. The van der Waals surface area contributed by atoms with Crippen LogP contribution >= 0.6 is 0 Å². The summed E-state index contributed by atoms with van der Waals surface area (Å²) in [6.07, 6.45) is 3.09. The van der Waals surface area contributed by atoms with Crippen LogP contribution in [-0.4, -0.2) is 28.0 Å². The van der Waals surface area contributed by atoms with E-state index < -0.39 is 17.6 Å². The van der Waals surface area contributed by atoms with E-state index >= 15 is 0 Å². The van der Waals surface area contributed by atoms with E-state index in [2.05, 4.69) is 10.4 Å². The maximum absolute atomic E-state index is 12.2. The lowest BCUT2D eigenvalue weighted by Gasteiger charge is -2.14. The first kappa shape index (κ1) is 14.5. The Labute approximate surface area is 116 Å². The highest BCUT2D eigenvalue weighted by Gasteiger charge is 2.28. The Hall–Kier alpha value is -1.92. The highest BCUT2D eigenvalue weighted by molar-refractivity contribution is 5.96. The molecule has 0 radical (unpaired) electrons. The lowest BCUT2D eigenvalue weighted by molar-refractivity contribution is -0.110. The first-order valence-electron chi connectivity index (χ1n) is 6.83. The lowest BCUT2D eigenvalue weighted by Crippen LogP contribution is -2.37. The summed E-state index contributed by atoms with van der Waals surface area (Å²) >= 11 is 0. The number of hydrogen-bond donors (Lipinski definition) is 1. The minimum atomic E-state index is -0.708. The molecule has 0 unspecified atom stereocenters. The van der Waals surface area contributed by atoms with Crippen molar-refractivity contribution in [2.75, 3.05) is 0 Å². The van der Waals surface area contributed by atoms with E-state index in [1.54, 1.807) is 0 Å². The van der Waals surface area contributed by atoms with Crippen molar-refractivity contribution in [3.05, 3.63) is 16.4 Å². The Morgan fingerprint density at radius 1 is 1.55 bits per heavy atom. The number of amides is 1. The number of hydrogen-bond acceptors (Lipinski definition) is 5. The molecule has 7 nitrogen and oxygen atoms in total. The van der Waals surface area contributed by atoms with E-state index in [-0.39, 0.29) is 11.8 Å². The molecule has 1 heterocycles. The third-order valence-electron chi connectivity index (χ3n) is 3.24. The van der Waals surface area contributed by atoms with Crippen LogP contribution in [0.15, 0.2) is 9.21 Å². The number of carbonyl (C=O) groups is 2. The van der Waals surface area contributed by atoms with Crippen LogP contribution in [0.4, 0.5) is 0 Å². The fraction of sp³-hybridized carbons (Fsp3) is 0.692. The molecule has 1 aromatic heterocycles. The Balaban J connectivity index is 2.13. The number of aromatic nitrogens is 2. The Morgan fingerprint density at radius 2 is 2.25 bits per heavy atom. The highest BCUT2D eigenvalue weighted by atomic mass is 16.4. The molecule has 110 valence electrons. The van der Waals surface area contributed by atoms with Crippen molar-refractivity contribution in [2.24, 2.45) is 11.8 Å². The van der Waals surface area contributed by atoms with Gasteiger partial charge in [-0.1, -0.05) is 13.8 Å². The fourth-order valence-electron chi connectivity index (χ4n) is 2.02. The molecule has 0 bridgehead atoms. The first-order chi connectivity index (χ1) is 9.51. The smallest absolute Gasteiger partial charge is 0.384 e. The summed E-state index contributed by atoms with van der Waals surface area (Å²) in [5.74, 6) is -0.625. The zero-order chi connectivity index (χ0) is 14.7. The fourth-order valence-corrected chi connectivity index (χ4v) is 2.02. The summed E-state index contributed by atoms with van der Waals surface area (Å²) in [6.45, 7) is 4.37. The van der Waals surface area contributed by atoms with Gasteiger partial charge in [0.25, 0.3) is 5.89 Å². The van der Waals surface area contributed by atoms with E-state index in [0.29, 0.717) is 25.3 Å². The Bertz CT molecular complexity index is 542. The molecule has 0 spiro atoms. The average molecular weight is 281 g/mol. The second kappa shape index (κ2) is 6.02. The number of nitrogens with one attached hydrogen (secondary N) is 1. The van der Waals surface area contributed by atoms with Crippen molar-refractivity contribution < 1.29 is 14.0 Å². The minimum Gasteiger partial charge on any atom is -0.384 e. The van der Waals surface area contributed by atoms with Crippen molar-refractivity contribution >= 4 is 12.2 Å². The van der Waals surface area contributed by atoms with Gasteiger partial charge < -0.3 is 9.73 Å². The second-order valence-electron chi connectivity index (χ2n) is 5.63. The maximum atomic E-state index is 12.2. The molecule has 1 N–H and O–H groups in total. The quantitative estimate of drug-likeness (QED) is 0.556. The maximum Gasteiger partial charge on any atom is 0.437 e. The van der Waals surface area contributed by atoms with Crippen LogP contribution in [-0.2, 0) is 11.3 Å². The highest BCUT2D eigenvalue weighted by Crippen LogP contribution is 2.29. The number of ketones is 1. The van der Waals surface area contributed by atoms with E-state index in [0.717, 1.165) is 12.8 Å². The Kier molecular flexibility index (Phi) is 4.36. The van der Waals surface area contributed by atoms with Gasteiger partial charge in [0.15, 0.2) is 0 Å². The summed E-state index contributed by atoms with van der Waals surface area (Å²) in [7, 11) is 0. The van der Waals surface area contributed by atoms with Crippen LogP contribution in [0.2, 0.25) is 0 Å². The summed E-state index contributed by atoms with van der Waals surface area (Å²) in [4.78, 5) is 34.4. The van der Waals surface area contributed by atoms with Crippen molar-refractivity contribution in [1.82, 2.24) is 15.1 Å². The zero-order valence-corrected chi connectivity index (χ0v) is 11.7. The third kappa shape index (κ3) is 3.55. The SMILES string of the molecule is CC(C)C[C@H](NC=O)C(=O)c1nn(CC2CC2)c(=O)o1. The molecule has 0 saturated heterocycles. The van der Waals surface area contributed by atoms with E-state index in [4.69, 9.17) is 4.42 Å². The standard InChI is InChI=1S/C13H19N3O4/c1-8(2)5-10(14-7-17)11(18)12-15-16(13(19)20-12)6-9-3-4-9/h7-10H,3-6H2,1-2H3,(H,14,17)/t10-/m0/s1. The second-order valence-corrected chi connectivity index (χ2v) is 5.63. The van der Waals surface area contributed by atoms with Gasteiger partial charge in [-0.15, -0.1) is 5.10 Å². The lowest BCUT2D eigenvalue weighted by atomic mass is 10.0. The van der Waals surface area contributed by atoms with E-state index in [1.807, 2.05) is 13.8 Å². The minimum absolute atomic E-state index is 0.219. The molecule has 1 fully saturated rings.